The first-order valence-corrected chi connectivity index (χ1v) is 11.9. The minimum absolute atomic E-state index is 0.0467. The Labute approximate surface area is 169 Å². The Kier molecular flexibility index (Phi) is 4.63. The number of aliphatic hydroxyl groups excluding tert-OH is 1. The largest absolute Gasteiger partial charge is 0.466 e. The maximum Gasteiger partial charge on any atom is 0.306 e. The van der Waals surface area contributed by atoms with Crippen molar-refractivity contribution in [3.8, 4) is 0 Å². The van der Waals surface area contributed by atoms with Crippen LogP contribution in [-0.4, -0.2) is 35.5 Å². The molecule has 10 atom stereocenters. The summed E-state index contributed by atoms with van der Waals surface area (Å²) < 4.78 is 11.8. The molecule has 10 unspecified atom stereocenters. The van der Waals surface area contributed by atoms with Crippen LogP contribution in [0.1, 0.15) is 78.6 Å². The van der Waals surface area contributed by atoms with Gasteiger partial charge in [0.05, 0.1) is 18.8 Å². The van der Waals surface area contributed by atoms with E-state index >= 15 is 0 Å². The molecule has 4 aliphatic carbocycles. The van der Waals surface area contributed by atoms with Crippen LogP contribution in [0.2, 0.25) is 0 Å². The van der Waals surface area contributed by atoms with Crippen molar-refractivity contribution >= 4 is 5.97 Å². The lowest BCUT2D eigenvalue weighted by Gasteiger charge is -2.58. The molecule has 28 heavy (non-hydrogen) atoms. The van der Waals surface area contributed by atoms with Crippen LogP contribution in [0.25, 0.3) is 0 Å². The number of hydrogen-bond donors (Lipinski definition) is 1. The minimum atomic E-state index is -0.0749. The Morgan fingerprint density at radius 3 is 2.79 bits per heavy atom. The molecule has 5 rings (SSSR count). The highest BCUT2D eigenvalue weighted by Gasteiger charge is 2.75. The zero-order chi connectivity index (χ0) is 19.7. The van der Waals surface area contributed by atoms with Crippen molar-refractivity contribution in [3.63, 3.8) is 0 Å². The first kappa shape index (κ1) is 19.4. The van der Waals surface area contributed by atoms with Gasteiger partial charge in [-0.05, 0) is 99.2 Å². The van der Waals surface area contributed by atoms with Crippen molar-refractivity contribution < 1.29 is 19.4 Å². The van der Waals surface area contributed by atoms with Gasteiger partial charge in [0.15, 0.2) is 0 Å². The van der Waals surface area contributed by atoms with E-state index in [9.17, 15) is 9.90 Å². The molecule has 1 spiro atoms. The van der Waals surface area contributed by atoms with Gasteiger partial charge in [-0.1, -0.05) is 13.8 Å². The van der Waals surface area contributed by atoms with E-state index in [1.54, 1.807) is 0 Å². The highest BCUT2D eigenvalue weighted by molar-refractivity contribution is 5.69. The van der Waals surface area contributed by atoms with Gasteiger partial charge in [-0.2, -0.15) is 0 Å². The predicted molar refractivity (Wildman–Crippen MR) is 107 cm³/mol. The Morgan fingerprint density at radius 2 is 2.00 bits per heavy atom. The van der Waals surface area contributed by atoms with Gasteiger partial charge < -0.3 is 14.6 Å². The summed E-state index contributed by atoms with van der Waals surface area (Å²) in [5.41, 5.74) is 0.472. The van der Waals surface area contributed by atoms with Crippen LogP contribution in [0.3, 0.4) is 0 Å². The molecule has 5 aliphatic rings. The van der Waals surface area contributed by atoms with E-state index in [4.69, 9.17) is 9.47 Å². The van der Waals surface area contributed by atoms with E-state index in [0.717, 1.165) is 24.7 Å². The van der Waals surface area contributed by atoms with Gasteiger partial charge >= 0.3 is 5.97 Å². The summed E-state index contributed by atoms with van der Waals surface area (Å²) in [7, 11) is 0. The molecule has 1 saturated heterocycles. The Hall–Kier alpha value is -0.610. The van der Waals surface area contributed by atoms with Gasteiger partial charge in [0.1, 0.15) is 5.60 Å². The molecule has 0 bridgehead atoms. The number of epoxide rings is 1. The standard InChI is InChI=1S/C24H38O4/c1-4-27-22(26)11-14(2)18-7-8-19-17-6-5-15-12-16(25)9-10-23(15,3)20(17)13-21-24(18,19)28-21/h14-21,25H,4-13H2,1-3H3. The summed E-state index contributed by atoms with van der Waals surface area (Å²) in [6.45, 7) is 7.13. The Morgan fingerprint density at radius 1 is 1.18 bits per heavy atom. The summed E-state index contributed by atoms with van der Waals surface area (Å²) in [6, 6.07) is 0. The lowest BCUT2D eigenvalue weighted by molar-refractivity contribution is -0.144. The van der Waals surface area contributed by atoms with E-state index < -0.39 is 0 Å². The number of ether oxygens (including phenoxy) is 2. The Bertz CT molecular complexity index is 634. The van der Waals surface area contributed by atoms with Crippen LogP contribution in [0.4, 0.5) is 0 Å². The fraction of sp³-hybridized carbons (Fsp3) is 0.958. The van der Waals surface area contributed by atoms with Crippen molar-refractivity contribution in [1.29, 1.82) is 0 Å². The molecule has 0 aromatic carbocycles. The molecular weight excluding hydrogens is 352 g/mol. The summed E-state index contributed by atoms with van der Waals surface area (Å²) in [6.07, 6.45) is 10.4. The highest BCUT2D eigenvalue weighted by Crippen LogP contribution is 2.72. The lowest BCUT2D eigenvalue weighted by Crippen LogP contribution is -2.54. The zero-order valence-electron chi connectivity index (χ0n) is 17.9. The van der Waals surface area contributed by atoms with Crippen molar-refractivity contribution in [2.75, 3.05) is 6.61 Å². The second-order valence-corrected chi connectivity index (χ2v) is 11.0. The summed E-state index contributed by atoms with van der Waals surface area (Å²) >= 11 is 0. The minimum Gasteiger partial charge on any atom is -0.466 e. The number of esters is 1. The third-order valence-electron chi connectivity index (χ3n) is 9.92. The van der Waals surface area contributed by atoms with Gasteiger partial charge in [0.25, 0.3) is 0 Å². The smallest absolute Gasteiger partial charge is 0.306 e. The van der Waals surface area contributed by atoms with E-state index in [1.165, 1.54) is 38.5 Å². The summed E-state index contributed by atoms with van der Waals surface area (Å²) in [5.74, 6) is 3.76. The van der Waals surface area contributed by atoms with Gasteiger partial charge in [-0.3, -0.25) is 4.79 Å². The molecule has 0 amide bonds. The van der Waals surface area contributed by atoms with Crippen LogP contribution in [-0.2, 0) is 14.3 Å². The maximum absolute atomic E-state index is 12.1. The quantitative estimate of drug-likeness (QED) is 0.573. The zero-order valence-corrected chi connectivity index (χ0v) is 17.9. The second kappa shape index (κ2) is 6.70. The fourth-order valence-electron chi connectivity index (χ4n) is 8.66. The number of carbonyl (C=O) groups excluding carboxylic acids is 1. The average molecular weight is 391 g/mol. The molecule has 4 heteroatoms. The first-order chi connectivity index (χ1) is 13.4. The molecule has 1 aliphatic heterocycles. The van der Waals surface area contributed by atoms with E-state index in [1.807, 2.05) is 6.92 Å². The lowest BCUT2D eigenvalue weighted by atomic mass is 9.46. The molecule has 0 aromatic heterocycles. The molecule has 1 heterocycles. The normalized spacial score (nSPS) is 52.6. The van der Waals surface area contributed by atoms with Gasteiger partial charge in [0, 0.05) is 6.42 Å². The van der Waals surface area contributed by atoms with Crippen molar-refractivity contribution in [2.45, 2.75) is 96.4 Å². The molecule has 5 fully saturated rings. The number of aliphatic hydroxyl groups is 1. The molecule has 158 valence electrons. The molecule has 0 radical (unpaired) electrons. The van der Waals surface area contributed by atoms with Crippen molar-refractivity contribution in [1.82, 2.24) is 0 Å². The van der Waals surface area contributed by atoms with Gasteiger partial charge in [-0.15, -0.1) is 0 Å². The average Bonchev–Trinajstić information content (AvgIpc) is 3.24. The van der Waals surface area contributed by atoms with E-state index in [0.29, 0.717) is 48.2 Å². The van der Waals surface area contributed by atoms with E-state index in [-0.39, 0.29) is 17.7 Å². The van der Waals surface area contributed by atoms with E-state index in [2.05, 4.69) is 13.8 Å². The van der Waals surface area contributed by atoms with Crippen LogP contribution >= 0.6 is 0 Å². The molecule has 1 N–H and O–H groups in total. The van der Waals surface area contributed by atoms with Crippen molar-refractivity contribution in [2.24, 2.45) is 40.9 Å². The number of rotatable bonds is 4. The third kappa shape index (κ3) is 2.66. The van der Waals surface area contributed by atoms with Crippen molar-refractivity contribution in [3.05, 3.63) is 0 Å². The second-order valence-electron chi connectivity index (χ2n) is 11.0. The van der Waals surface area contributed by atoms with Gasteiger partial charge in [0.2, 0.25) is 0 Å². The molecular formula is C24H38O4. The fourth-order valence-corrected chi connectivity index (χ4v) is 8.66. The maximum atomic E-state index is 12.1. The van der Waals surface area contributed by atoms with Crippen LogP contribution in [0.5, 0.6) is 0 Å². The van der Waals surface area contributed by atoms with Crippen LogP contribution < -0.4 is 0 Å². The molecule has 0 aromatic rings. The third-order valence-corrected chi connectivity index (χ3v) is 9.92. The number of carbonyl (C=O) groups is 1. The van der Waals surface area contributed by atoms with Crippen LogP contribution in [0.15, 0.2) is 0 Å². The summed E-state index contributed by atoms with van der Waals surface area (Å²) in [4.78, 5) is 12.1. The highest BCUT2D eigenvalue weighted by atomic mass is 16.6. The monoisotopic (exact) mass is 390 g/mol. The molecule has 4 saturated carbocycles. The summed E-state index contributed by atoms with van der Waals surface area (Å²) in [5, 5.41) is 10.2. The van der Waals surface area contributed by atoms with Crippen LogP contribution in [0, 0.1) is 40.9 Å². The Balaban J connectivity index is 1.34. The molecule has 4 nitrogen and oxygen atoms in total. The topological polar surface area (TPSA) is 59.1 Å². The first-order valence-electron chi connectivity index (χ1n) is 11.9. The number of hydrogen-bond acceptors (Lipinski definition) is 4. The van der Waals surface area contributed by atoms with Gasteiger partial charge in [-0.25, -0.2) is 0 Å². The predicted octanol–water partition coefficient (Wildman–Crippen LogP) is 4.34. The SMILES string of the molecule is CCOC(=O)CC(C)C1CCC2C3CCC4CC(O)CCC4(C)C3CC3OC312. The number of fused-ring (bicyclic) bond motifs is 4.